The van der Waals surface area contributed by atoms with Crippen molar-refractivity contribution in [3.05, 3.63) is 102 Å². The molecule has 0 aliphatic carbocycles. The van der Waals surface area contributed by atoms with Gasteiger partial charge in [-0.1, -0.05) is 66.7 Å². The van der Waals surface area contributed by atoms with E-state index < -0.39 is 11.9 Å². The van der Waals surface area contributed by atoms with E-state index in [0.717, 1.165) is 21.9 Å². The van der Waals surface area contributed by atoms with Crippen LogP contribution in [-0.2, 0) is 11.3 Å². The van der Waals surface area contributed by atoms with Crippen LogP contribution in [0.3, 0.4) is 0 Å². The van der Waals surface area contributed by atoms with Crippen LogP contribution in [0.5, 0.6) is 5.75 Å². The summed E-state index contributed by atoms with van der Waals surface area (Å²) in [6, 6.07) is 26.9. The molecule has 0 spiro atoms. The third-order valence-electron chi connectivity index (χ3n) is 5.03. The summed E-state index contributed by atoms with van der Waals surface area (Å²) in [5.41, 5.74) is 3.26. The van der Waals surface area contributed by atoms with Gasteiger partial charge in [-0.3, -0.25) is 0 Å². The van der Waals surface area contributed by atoms with E-state index in [1.165, 1.54) is 0 Å². The van der Waals surface area contributed by atoms with Crippen LogP contribution in [-0.4, -0.2) is 11.9 Å². The fourth-order valence-corrected chi connectivity index (χ4v) is 3.68. The van der Waals surface area contributed by atoms with Gasteiger partial charge in [0.2, 0.25) is 0 Å². The number of cyclic esters (lactones) is 2. The van der Waals surface area contributed by atoms with Gasteiger partial charge in [-0.2, -0.15) is 0 Å². The fraction of sp³-hybridized carbons (Fsp3) is 0.0400. The zero-order valence-electron chi connectivity index (χ0n) is 15.4. The Kier molecular flexibility index (Phi) is 4.10. The summed E-state index contributed by atoms with van der Waals surface area (Å²) >= 11 is 0. The van der Waals surface area contributed by atoms with E-state index >= 15 is 0 Å². The van der Waals surface area contributed by atoms with Crippen LogP contribution in [0.1, 0.15) is 26.3 Å². The predicted molar refractivity (Wildman–Crippen MR) is 110 cm³/mol. The van der Waals surface area contributed by atoms with Gasteiger partial charge in [0, 0.05) is 5.56 Å². The molecule has 1 aliphatic rings. The molecule has 4 heteroatoms. The lowest BCUT2D eigenvalue weighted by molar-refractivity contribution is 0.0444. The van der Waals surface area contributed by atoms with Gasteiger partial charge in [0.05, 0.1) is 11.1 Å². The molecule has 0 unspecified atom stereocenters. The Morgan fingerprint density at radius 1 is 0.724 bits per heavy atom. The van der Waals surface area contributed by atoms with Crippen molar-refractivity contribution in [2.75, 3.05) is 0 Å². The van der Waals surface area contributed by atoms with Gasteiger partial charge in [-0.25, -0.2) is 9.59 Å². The first kappa shape index (κ1) is 17.2. The average molecular weight is 380 g/mol. The van der Waals surface area contributed by atoms with Crippen LogP contribution >= 0.6 is 0 Å². The molecule has 0 amide bonds. The van der Waals surface area contributed by atoms with E-state index in [4.69, 9.17) is 9.47 Å². The molecule has 0 saturated heterocycles. The maximum absolute atomic E-state index is 12.4. The van der Waals surface area contributed by atoms with E-state index in [0.29, 0.717) is 29.0 Å². The van der Waals surface area contributed by atoms with Crippen molar-refractivity contribution in [2.45, 2.75) is 6.61 Å². The Balaban J connectivity index is 1.64. The molecule has 4 aromatic carbocycles. The smallest absolute Gasteiger partial charge is 0.347 e. The fourth-order valence-electron chi connectivity index (χ4n) is 3.68. The number of esters is 2. The second-order valence-electron chi connectivity index (χ2n) is 6.87. The van der Waals surface area contributed by atoms with Crippen LogP contribution in [0.25, 0.3) is 21.9 Å². The molecular formula is C25H16O4. The van der Waals surface area contributed by atoms with Gasteiger partial charge in [0.25, 0.3) is 0 Å². The molecule has 0 radical (unpaired) electrons. The number of fused-ring (bicyclic) bond motifs is 2. The van der Waals surface area contributed by atoms with Gasteiger partial charge in [0.1, 0.15) is 12.4 Å². The summed E-state index contributed by atoms with van der Waals surface area (Å²) < 4.78 is 10.8. The predicted octanol–water partition coefficient (Wildman–Crippen LogP) is 5.40. The lowest BCUT2D eigenvalue weighted by atomic mass is 9.90. The van der Waals surface area contributed by atoms with Crippen molar-refractivity contribution >= 4 is 22.7 Å². The Hall–Kier alpha value is -3.92. The average Bonchev–Trinajstić information content (AvgIpc) is 3.05. The summed E-state index contributed by atoms with van der Waals surface area (Å²) in [4.78, 5) is 24.6. The highest BCUT2D eigenvalue weighted by atomic mass is 16.6. The number of hydrogen-bond donors (Lipinski definition) is 0. The monoisotopic (exact) mass is 380 g/mol. The van der Waals surface area contributed by atoms with Crippen LogP contribution in [0.15, 0.2) is 84.9 Å². The zero-order chi connectivity index (χ0) is 19.8. The van der Waals surface area contributed by atoms with Crippen molar-refractivity contribution in [2.24, 2.45) is 0 Å². The maximum atomic E-state index is 12.4. The number of hydrogen-bond acceptors (Lipinski definition) is 4. The molecule has 5 rings (SSSR count). The van der Waals surface area contributed by atoms with Crippen molar-refractivity contribution in [3.8, 4) is 16.9 Å². The molecular weight excluding hydrogens is 364 g/mol. The largest absolute Gasteiger partial charge is 0.489 e. The summed E-state index contributed by atoms with van der Waals surface area (Å²) in [6.45, 7) is 0.448. The lowest BCUT2D eigenvalue weighted by Crippen LogP contribution is -1.99. The minimum absolute atomic E-state index is 0.293. The number of carbonyl (C=O) groups is 2. The quantitative estimate of drug-likeness (QED) is 0.352. The summed E-state index contributed by atoms with van der Waals surface area (Å²) in [6.07, 6.45) is 0. The lowest BCUT2D eigenvalue weighted by Gasteiger charge is -2.13. The molecule has 1 heterocycles. The van der Waals surface area contributed by atoms with Crippen molar-refractivity contribution in [1.82, 2.24) is 0 Å². The molecule has 0 atom stereocenters. The molecule has 29 heavy (non-hydrogen) atoms. The molecule has 0 fully saturated rings. The van der Waals surface area contributed by atoms with Gasteiger partial charge >= 0.3 is 11.9 Å². The van der Waals surface area contributed by atoms with E-state index in [9.17, 15) is 9.59 Å². The van der Waals surface area contributed by atoms with Crippen molar-refractivity contribution in [1.29, 1.82) is 0 Å². The second-order valence-corrected chi connectivity index (χ2v) is 6.87. The topological polar surface area (TPSA) is 52.6 Å². The molecule has 140 valence electrons. The number of rotatable bonds is 4. The molecule has 0 N–H and O–H groups in total. The highest BCUT2D eigenvalue weighted by Gasteiger charge is 2.34. The van der Waals surface area contributed by atoms with Crippen LogP contribution < -0.4 is 4.74 Å². The molecule has 0 bridgehead atoms. The van der Waals surface area contributed by atoms with Crippen LogP contribution in [0.2, 0.25) is 0 Å². The van der Waals surface area contributed by atoms with Gasteiger partial charge in [0.15, 0.2) is 0 Å². The minimum atomic E-state index is -0.611. The third-order valence-corrected chi connectivity index (χ3v) is 5.03. The van der Waals surface area contributed by atoms with Crippen molar-refractivity contribution < 1.29 is 19.1 Å². The number of ether oxygens (including phenoxy) is 2. The Bertz CT molecular complexity index is 1240. The van der Waals surface area contributed by atoms with Gasteiger partial charge in [-0.05, 0) is 40.1 Å². The molecule has 4 aromatic rings. The molecule has 0 aromatic heterocycles. The maximum Gasteiger partial charge on any atom is 0.347 e. The van der Waals surface area contributed by atoms with E-state index in [-0.39, 0.29) is 0 Å². The Labute approximate surface area is 167 Å². The third kappa shape index (κ3) is 3.05. The summed E-state index contributed by atoms with van der Waals surface area (Å²) in [7, 11) is 0. The summed E-state index contributed by atoms with van der Waals surface area (Å²) in [5, 5.41) is 1.69. The highest BCUT2D eigenvalue weighted by molar-refractivity contribution is 6.22. The first-order chi connectivity index (χ1) is 14.2. The van der Waals surface area contributed by atoms with E-state index in [2.05, 4.69) is 0 Å². The van der Waals surface area contributed by atoms with E-state index in [1.807, 2.05) is 78.9 Å². The van der Waals surface area contributed by atoms with Crippen LogP contribution in [0, 0.1) is 0 Å². The van der Waals surface area contributed by atoms with Crippen LogP contribution in [0.4, 0.5) is 0 Å². The first-order valence-corrected chi connectivity index (χ1v) is 9.30. The molecule has 4 nitrogen and oxygen atoms in total. The molecule has 0 saturated carbocycles. The number of carbonyl (C=O) groups excluding carboxylic acids is 2. The molecule has 1 aliphatic heterocycles. The standard InChI is InChI=1S/C25H16O4/c26-24-21-14-18-13-19(28-15-16-7-3-1-4-8-16)11-12-20(18)22(23(21)25(27)29-24)17-9-5-2-6-10-17/h1-14H,15H2. The van der Waals surface area contributed by atoms with Gasteiger partial charge in [-0.15, -0.1) is 0 Å². The Morgan fingerprint density at radius 3 is 2.21 bits per heavy atom. The first-order valence-electron chi connectivity index (χ1n) is 9.30. The SMILES string of the molecule is O=C1OC(=O)c2c1cc1cc(OCc3ccccc3)ccc1c2-c1ccccc1. The normalized spacial score (nSPS) is 12.7. The second kappa shape index (κ2) is 6.91. The number of benzene rings is 4. The highest BCUT2D eigenvalue weighted by Crippen LogP contribution is 2.39. The summed E-state index contributed by atoms with van der Waals surface area (Å²) in [5.74, 6) is -0.521. The van der Waals surface area contributed by atoms with Gasteiger partial charge < -0.3 is 9.47 Å². The van der Waals surface area contributed by atoms with E-state index in [1.54, 1.807) is 6.07 Å². The zero-order valence-corrected chi connectivity index (χ0v) is 15.4. The van der Waals surface area contributed by atoms with Crippen molar-refractivity contribution in [3.63, 3.8) is 0 Å². The Morgan fingerprint density at radius 2 is 1.45 bits per heavy atom. The minimum Gasteiger partial charge on any atom is -0.489 e.